The summed E-state index contributed by atoms with van der Waals surface area (Å²) in [4.78, 5) is 25.5. The second-order valence-electron chi connectivity index (χ2n) is 5.92. The Hall–Kier alpha value is -3.20. The molecule has 1 atom stereocenters. The molecule has 2 aromatic carbocycles. The van der Waals surface area contributed by atoms with Gasteiger partial charge in [-0.15, -0.1) is 0 Å². The van der Waals surface area contributed by atoms with Crippen LogP contribution in [0.2, 0.25) is 0 Å². The number of nitrogens with one attached hydrogen (secondary N) is 1. The number of Topliss-reactive ketones (excluding diaryl/α,β-unsaturated/α-hetero) is 1. The molecule has 0 aliphatic rings. The number of carbonyl (C=O) groups excluding carboxylic acids is 1. The van der Waals surface area contributed by atoms with Gasteiger partial charge in [0.1, 0.15) is 5.82 Å². The molecule has 0 heterocycles. The molecule has 0 aromatic heterocycles. The highest BCUT2D eigenvalue weighted by atomic mass is 32.2. The monoisotopic (exact) mass is 405 g/mol. The molecule has 28 heavy (non-hydrogen) atoms. The Kier molecular flexibility index (Phi) is 6.53. The van der Waals surface area contributed by atoms with Crippen LogP contribution in [0, 0.1) is 12.7 Å². The van der Waals surface area contributed by atoms with Crippen LogP contribution in [0.25, 0.3) is 5.53 Å². The van der Waals surface area contributed by atoms with Gasteiger partial charge < -0.3 is 10.6 Å². The van der Waals surface area contributed by atoms with Crippen LogP contribution in [0.3, 0.4) is 0 Å². The van der Waals surface area contributed by atoms with Crippen molar-refractivity contribution in [3.8, 4) is 0 Å². The predicted molar refractivity (Wildman–Crippen MR) is 96.5 cm³/mol. The maximum atomic E-state index is 13.2. The summed E-state index contributed by atoms with van der Waals surface area (Å²) in [5.74, 6) is -3.43. The Morgan fingerprint density at radius 1 is 1.14 bits per heavy atom. The van der Waals surface area contributed by atoms with Gasteiger partial charge in [-0.1, -0.05) is 29.8 Å². The van der Waals surface area contributed by atoms with E-state index in [1.807, 2.05) is 0 Å². The predicted octanol–water partition coefficient (Wildman–Crippen LogP) is 1.87. The molecule has 0 spiro atoms. The lowest BCUT2D eigenvalue weighted by Crippen LogP contribution is -2.34. The van der Waals surface area contributed by atoms with Crippen LogP contribution in [0.1, 0.15) is 23.6 Å². The zero-order valence-corrected chi connectivity index (χ0v) is 15.5. The Labute approximate surface area is 160 Å². The van der Waals surface area contributed by atoms with Gasteiger partial charge in [-0.2, -0.15) is 4.79 Å². The summed E-state index contributed by atoms with van der Waals surface area (Å²) in [6, 6.07) is 9.40. The molecule has 0 aliphatic carbocycles. The summed E-state index contributed by atoms with van der Waals surface area (Å²) >= 11 is 0. The molecule has 10 heteroatoms. The van der Waals surface area contributed by atoms with E-state index in [0.717, 1.165) is 17.7 Å². The number of ketones is 1. The average Bonchev–Trinajstić information content (AvgIpc) is 2.62. The normalized spacial score (nSPS) is 12.1. The van der Waals surface area contributed by atoms with Crippen molar-refractivity contribution in [2.45, 2.75) is 24.3 Å². The first kappa shape index (κ1) is 21.1. The molecule has 146 valence electrons. The second-order valence-corrected chi connectivity index (χ2v) is 7.63. The maximum Gasteiger partial charge on any atom is 0.441 e. The molecule has 0 fully saturated rings. The summed E-state index contributed by atoms with van der Waals surface area (Å²) in [7, 11) is -4.08. The molecule has 0 amide bonds. The van der Waals surface area contributed by atoms with Crippen molar-refractivity contribution < 1.29 is 32.3 Å². The number of hydrogen-bond donors (Lipinski definition) is 2. The molecule has 0 aliphatic heterocycles. The number of nitrogens with zero attached hydrogens (tertiary/aromatic N) is 2. The molecule has 0 saturated carbocycles. The van der Waals surface area contributed by atoms with Gasteiger partial charge in [-0.05, 0) is 36.8 Å². The number of carbonyl (C=O) groups is 2. The van der Waals surface area contributed by atoms with E-state index in [2.05, 4.69) is 9.51 Å². The fourth-order valence-corrected chi connectivity index (χ4v) is 3.62. The minimum Gasteiger partial charge on any atom is -0.472 e. The van der Waals surface area contributed by atoms with Crippen molar-refractivity contribution in [2.24, 2.45) is 0 Å². The second kappa shape index (κ2) is 8.66. The van der Waals surface area contributed by atoms with Crippen molar-refractivity contribution >= 4 is 27.5 Å². The smallest absolute Gasteiger partial charge is 0.441 e. The first-order valence-electron chi connectivity index (χ1n) is 7.97. The van der Waals surface area contributed by atoms with Crippen molar-refractivity contribution in [1.82, 2.24) is 4.72 Å². The highest BCUT2D eigenvalue weighted by Crippen LogP contribution is 2.22. The number of aryl methyl sites for hydroxylation is 1. The number of halogens is 1. The summed E-state index contributed by atoms with van der Waals surface area (Å²) in [6.07, 6.45) is -0.650. The molecule has 0 saturated heterocycles. The number of aliphatic carboxylic acids is 1. The first-order valence-corrected chi connectivity index (χ1v) is 9.45. The van der Waals surface area contributed by atoms with Crippen LogP contribution >= 0.6 is 0 Å². The molecule has 2 N–H and O–H groups in total. The lowest BCUT2D eigenvalue weighted by atomic mass is 10.0. The van der Waals surface area contributed by atoms with Crippen LogP contribution < -0.4 is 4.72 Å². The number of carboxylic acids is 1. The van der Waals surface area contributed by atoms with Gasteiger partial charge in [0.05, 0.1) is 10.9 Å². The highest BCUT2D eigenvalue weighted by Gasteiger charge is 2.33. The number of rotatable bonds is 8. The van der Waals surface area contributed by atoms with Gasteiger partial charge in [-0.25, -0.2) is 22.3 Å². The quantitative estimate of drug-likeness (QED) is 0.299. The van der Waals surface area contributed by atoms with E-state index in [-0.39, 0.29) is 10.5 Å². The summed E-state index contributed by atoms with van der Waals surface area (Å²) in [5.41, 5.74) is 8.66. The Bertz CT molecular complexity index is 1040. The summed E-state index contributed by atoms with van der Waals surface area (Å²) < 4.78 is 40.8. The number of hydrogen-bond acceptors (Lipinski definition) is 4. The Morgan fingerprint density at radius 2 is 1.71 bits per heavy atom. The van der Waals surface area contributed by atoms with E-state index >= 15 is 0 Å². The standard InChI is InChI=1S/C18H16FN3O5S/c1-11-2-8-14(9-3-11)28(26,27)22-15(12-4-6-13(19)7-5-12)10-16(23)17(21-20)18(24)25/h2-9,15,22H,10H2,1H3,(H,24,25). The lowest BCUT2D eigenvalue weighted by molar-refractivity contribution is -0.136. The van der Waals surface area contributed by atoms with Crippen molar-refractivity contribution in [1.29, 1.82) is 0 Å². The van der Waals surface area contributed by atoms with Crippen molar-refractivity contribution in [2.75, 3.05) is 0 Å². The van der Waals surface area contributed by atoms with E-state index in [1.165, 1.54) is 24.3 Å². The number of sulfonamides is 1. The largest absolute Gasteiger partial charge is 0.472 e. The molecule has 2 rings (SSSR count). The van der Waals surface area contributed by atoms with Gasteiger partial charge in [0.15, 0.2) is 0 Å². The van der Waals surface area contributed by atoms with Gasteiger partial charge in [0.2, 0.25) is 10.0 Å². The van der Waals surface area contributed by atoms with Crippen molar-refractivity contribution in [3.05, 3.63) is 71.0 Å². The zero-order chi connectivity index (χ0) is 20.9. The SMILES string of the molecule is Cc1ccc(S(=O)(=O)NC(CC(=O)C(=[N+]=[N-])C(=O)O)c2ccc(F)cc2)cc1. The molecule has 2 aromatic rings. The van der Waals surface area contributed by atoms with Gasteiger partial charge in [0, 0.05) is 6.42 Å². The molecule has 1 unspecified atom stereocenters. The third-order valence-electron chi connectivity index (χ3n) is 3.86. The summed E-state index contributed by atoms with van der Waals surface area (Å²) in [5, 5.41) is 8.90. The Balaban J connectivity index is 2.39. The fraction of sp³-hybridized carbons (Fsp3) is 0.167. The fourth-order valence-electron chi connectivity index (χ4n) is 2.40. The molecule has 8 nitrogen and oxygen atoms in total. The van der Waals surface area contributed by atoms with Gasteiger partial charge >= 0.3 is 11.7 Å². The molecule has 0 bridgehead atoms. The topological polar surface area (TPSA) is 137 Å². The average molecular weight is 405 g/mol. The minimum atomic E-state index is -4.08. The van der Waals surface area contributed by atoms with E-state index in [9.17, 15) is 22.4 Å². The molecule has 0 radical (unpaired) electrons. The van der Waals surface area contributed by atoms with Crippen LogP contribution in [0.5, 0.6) is 0 Å². The summed E-state index contributed by atoms with van der Waals surface area (Å²) in [6.45, 7) is 1.78. The van der Waals surface area contributed by atoms with E-state index < -0.39 is 45.8 Å². The van der Waals surface area contributed by atoms with E-state index in [0.29, 0.717) is 0 Å². The third kappa shape index (κ3) is 5.17. The third-order valence-corrected chi connectivity index (χ3v) is 5.34. The Morgan fingerprint density at radius 3 is 2.21 bits per heavy atom. The first-order chi connectivity index (χ1) is 13.1. The maximum absolute atomic E-state index is 13.2. The minimum absolute atomic E-state index is 0.0630. The number of benzene rings is 2. The van der Waals surface area contributed by atoms with Crippen LogP contribution in [0.4, 0.5) is 4.39 Å². The zero-order valence-electron chi connectivity index (χ0n) is 14.7. The molecular weight excluding hydrogens is 389 g/mol. The van der Waals surface area contributed by atoms with Crippen molar-refractivity contribution in [3.63, 3.8) is 0 Å². The van der Waals surface area contributed by atoms with Gasteiger partial charge in [0.25, 0.3) is 5.78 Å². The van der Waals surface area contributed by atoms with E-state index in [4.69, 9.17) is 10.6 Å². The van der Waals surface area contributed by atoms with Crippen LogP contribution in [-0.2, 0) is 19.6 Å². The number of carboxylic acid groups (broad SMARTS) is 1. The molecular formula is C18H16FN3O5S. The van der Waals surface area contributed by atoms with E-state index in [1.54, 1.807) is 19.1 Å². The highest BCUT2D eigenvalue weighted by molar-refractivity contribution is 7.89. The van der Waals surface area contributed by atoms with Crippen LogP contribution in [-0.4, -0.2) is 35.8 Å². The van der Waals surface area contributed by atoms with Gasteiger partial charge in [-0.3, -0.25) is 4.79 Å². The lowest BCUT2D eigenvalue weighted by Gasteiger charge is -2.18. The van der Waals surface area contributed by atoms with Crippen LogP contribution in [0.15, 0.2) is 53.4 Å².